The van der Waals surface area contributed by atoms with Gasteiger partial charge in [0.25, 0.3) is 5.91 Å². The third kappa shape index (κ3) is 3.47. The van der Waals surface area contributed by atoms with Gasteiger partial charge in [-0.3, -0.25) is 14.3 Å². The van der Waals surface area contributed by atoms with Gasteiger partial charge in [-0.05, 0) is 63.6 Å². The number of carbonyl (C=O) groups excluding carboxylic acids is 1. The molecule has 2 aromatic carbocycles. The molecule has 1 aliphatic heterocycles. The number of fused-ring (bicyclic) bond motifs is 1. The van der Waals surface area contributed by atoms with Crippen molar-refractivity contribution in [3.63, 3.8) is 0 Å². The molecule has 0 spiro atoms. The molecule has 1 aromatic heterocycles. The van der Waals surface area contributed by atoms with Gasteiger partial charge in [-0.1, -0.05) is 12.1 Å². The zero-order valence-electron chi connectivity index (χ0n) is 16.1. The summed E-state index contributed by atoms with van der Waals surface area (Å²) in [5, 5.41) is 3.18. The van der Waals surface area contributed by atoms with E-state index in [0.717, 1.165) is 42.1 Å². The highest BCUT2D eigenvalue weighted by Gasteiger charge is 2.25. The summed E-state index contributed by atoms with van der Waals surface area (Å²) < 4.78 is 2.12. The molecule has 0 aliphatic carbocycles. The Hall–Kier alpha value is -2.66. The maximum absolute atomic E-state index is 12.6. The summed E-state index contributed by atoms with van der Waals surface area (Å²) in [6, 6.07) is 16.6. The van der Waals surface area contributed by atoms with E-state index in [2.05, 4.69) is 39.7 Å². The van der Waals surface area contributed by atoms with E-state index in [1.165, 1.54) is 0 Å². The Kier molecular flexibility index (Phi) is 4.70. The van der Waals surface area contributed by atoms with E-state index in [1.807, 2.05) is 49.4 Å². The van der Waals surface area contributed by atoms with E-state index in [9.17, 15) is 4.79 Å². The fourth-order valence-electron chi connectivity index (χ4n) is 3.88. The monoisotopic (exact) mass is 362 g/mol. The van der Waals surface area contributed by atoms with Gasteiger partial charge in [0.1, 0.15) is 5.82 Å². The van der Waals surface area contributed by atoms with E-state index in [-0.39, 0.29) is 11.9 Å². The summed E-state index contributed by atoms with van der Waals surface area (Å²) in [6.45, 7) is 8.38. The number of imidazole rings is 1. The van der Waals surface area contributed by atoms with Crippen LogP contribution < -0.4 is 5.32 Å². The topological polar surface area (TPSA) is 50.2 Å². The Balaban J connectivity index is 1.50. The van der Waals surface area contributed by atoms with Crippen LogP contribution in [0.2, 0.25) is 0 Å². The molecule has 2 heterocycles. The molecule has 1 amide bonds. The van der Waals surface area contributed by atoms with Crippen molar-refractivity contribution in [1.82, 2.24) is 19.8 Å². The van der Waals surface area contributed by atoms with Gasteiger partial charge in [-0.15, -0.1) is 0 Å². The van der Waals surface area contributed by atoms with Crippen molar-refractivity contribution >= 4 is 16.9 Å². The number of hydrogen-bond donors (Lipinski definition) is 1. The van der Waals surface area contributed by atoms with Crippen molar-refractivity contribution in [1.29, 1.82) is 0 Å². The molecule has 4 rings (SSSR count). The summed E-state index contributed by atoms with van der Waals surface area (Å²) >= 11 is 0. The highest BCUT2D eigenvalue weighted by molar-refractivity contribution is 5.94. The van der Waals surface area contributed by atoms with Crippen LogP contribution in [0.25, 0.3) is 16.7 Å². The van der Waals surface area contributed by atoms with Crippen LogP contribution in [0.5, 0.6) is 0 Å². The first-order valence-electron chi connectivity index (χ1n) is 9.62. The summed E-state index contributed by atoms with van der Waals surface area (Å²) in [7, 11) is 0. The first-order chi connectivity index (χ1) is 13.0. The van der Waals surface area contributed by atoms with Crippen LogP contribution in [-0.4, -0.2) is 45.5 Å². The van der Waals surface area contributed by atoms with Crippen molar-refractivity contribution in [2.45, 2.75) is 39.3 Å². The van der Waals surface area contributed by atoms with Crippen molar-refractivity contribution in [2.24, 2.45) is 0 Å². The molecule has 1 aliphatic rings. The van der Waals surface area contributed by atoms with Gasteiger partial charge < -0.3 is 5.32 Å². The highest BCUT2D eigenvalue weighted by Crippen LogP contribution is 2.21. The standard InChI is InChI=1S/C22H26N4O/c1-15(2)25-13-12-18(14-25)24-22(27)17-8-10-19(11-9-17)26-16(3)23-20-6-4-5-7-21(20)26/h4-11,15,18H,12-14H2,1-3H3,(H,24,27)/t18-/m1/s1. The van der Waals surface area contributed by atoms with Gasteiger partial charge >= 0.3 is 0 Å². The number of hydrogen-bond acceptors (Lipinski definition) is 3. The molecule has 1 N–H and O–H groups in total. The SMILES string of the molecule is Cc1nc2ccccc2n1-c1ccc(C(=O)N[C@@H]2CCN(C(C)C)C2)cc1. The molecule has 5 heteroatoms. The summed E-state index contributed by atoms with van der Waals surface area (Å²) in [4.78, 5) is 19.6. The third-order valence-corrected chi connectivity index (χ3v) is 5.40. The average Bonchev–Trinajstić information content (AvgIpc) is 3.25. The lowest BCUT2D eigenvalue weighted by Crippen LogP contribution is -2.38. The largest absolute Gasteiger partial charge is 0.348 e. The molecule has 27 heavy (non-hydrogen) atoms. The highest BCUT2D eigenvalue weighted by atomic mass is 16.1. The molecule has 3 aromatic rings. The number of nitrogens with zero attached hydrogens (tertiary/aromatic N) is 3. The number of para-hydroxylation sites is 2. The molecule has 0 saturated carbocycles. The van der Waals surface area contributed by atoms with Crippen LogP contribution in [0.3, 0.4) is 0 Å². The molecule has 0 bridgehead atoms. The minimum atomic E-state index is 0.00404. The minimum absolute atomic E-state index is 0.00404. The third-order valence-electron chi connectivity index (χ3n) is 5.40. The molecule has 1 saturated heterocycles. The van der Waals surface area contributed by atoms with Crippen LogP contribution in [0.15, 0.2) is 48.5 Å². The second kappa shape index (κ2) is 7.16. The number of carbonyl (C=O) groups is 1. The van der Waals surface area contributed by atoms with E-state index >= 15 is 0 Å². The number of nitrogens with one attached hydrogen (secondary N) is 1. The second-order valence-electron chi connectivity index (χ2n) is 7.58. The van der Waals surface area contributed by atoms with Crippen molar-refractivity contribution < 1.29 is 4.79 Å². The van der Waals surface area contributed by atoms with Gasteiger partial charge in [0.2, 0.25) is 0 Å². The lowest BCUT2D eigenvalue weighted by molar-refractivity contribution is 0.0936. The maximum Gasteiger partial charge on any atom is 0.251 e. The predicted molar refractivity (Wildman–Crippen MR) is 108 cm³/mol. The molecule has 1 fully saturated rings. The van der Waals surface area contributed by atoms with Crippen LogP contribution in [0.1, 0.15) is 36.5 Å². The molecule has 5 nitrogen and oxygen atoms in total. The number of benzene rings is 2. The fraction of sp³-hybridized carbons (Fsp3) is 0.364. The van der Waals surface area contributed by atoms with Gasteiger partial charge in [-0.25, -0.2) is 4.98 Å². The zero-order valence-corrected chi connectivity index (χ0v) is 16.1. The average molecular weight is 362 g/mol. The van der Waals surface area contributed by atoms with Crippen LogP contribution in [-0.2, 0) is 0 Å². The number of rotatable bonds is 4. The number of aromatic nitrogens is 2. The Morgan fingerprint density at radius 2 is 1.89 bits per heavy atom. The van der Waals surface area contributed by atoms with Crippen molar-refractivity contribution in [2.75, 3.05) is 13.1 Å². The second-order valence-corrected chi connectivity index (χ2v) is 7.58. The van der Waals surface area contributed by atoms with E-state index in [0.29, 0.717) is 11.6 Å². The van der Waals surface area contributed by atoms with E-state index in [1.54, 1.807) is 0 Å². The number of amides is 1. The van der Waals surface area contributed by atoms with Gasteiger partial charge in [-0.2, -0.15) is 0 Å². The van der Waals surface area contributed by atoms with Crippen LogP contribution in [0, 0.1) is 6.92 Å². The Morgan fingerprint density at radius 3 is 2.59 bits per heavy atom. The fourth-order valence-corrected chi connectivity index (χ4v) is 3.88. The van der Waals surface area contributed by atoms with Crippen molar-refractivity contribution in [3.05, 3.63) is 59.9 Å². The summed E-state index contributed by atoms with van der Waals surface area (Å²) in [5.74, 6) is 0.942. The van der Waals surface area contributed by atoms with Gasteiger partial charge in [0.05, 0.1) is 11.0 Å². The molecule has 0 radical (unpaired) electrons. The molecular weight excluding hydrogens is 336 g/mol. The summed E-state index contributed by atoms with van der Waals surface area (Å²) in [6.07, 6.45) is 1.02. The normalized spacial score (nSPS) is 17.7. The quantitative estimate of drug-likeness (QED) is 0.772. The summed E-state index contributed by atoms with van der Waals surface area (Å²) in [5.41, 5.74) is 3.77. The molecular formula is C22H26N4O. The predicted octanol–water partition coefficient (Wildman–Crippen LogP) is 3.55. The van der Waals surface area contributed by atoms with Crippen LogP contribution in [0.4, 0.5) is 0 Å². The molecule has 140 valence electrons. The molecule has 1 atom stereocenters. The maximum atomic E-state index is 12.6. The Morgan fingerprint density at radius 1 is 1.15 bits per heavy atom. The van der Waals surface area contributed by atoms with E-state index in [4.69, 9.17) is 0 Å². The minimum Gasteiger partial charge on any atom is -0.348 e. The Labute approximate surface area is 160 Å². The zero-order chi connectivity index (χ0) is 19.0. The van der Waals surface area contributed by atoms with Gasteiger partial charge in [0, 0.05) is 36.4 Å². The van der Waals surface area contributed by atoms with Gasteiger partial charge in [0.15, 0.2) is 0 Å². The lowest BCUT2D eigenvalue weighted by Gasteiger charge is -2.20. The first-order valence-corrected chi connectivity index (χ1v) is 9.62. The molecule has 0 unspecified atom stereocenters. The number of aryl methyl sites for hydroxylation is 1. The van der Waals surface area contributed by atoms with Crippen LogP contribution >= 0.6 is 0 Å². The first kappa shape index (κ1) is 17.7. The Bertz CT molecular complexity index is 958. The lowest BCUT2D eigenvalue weighted by atomic mass is 10.1. The smallest absolute Gasteiger partial charge is 0.251 e. The van der Waals surface area contributed by atoms with E-state index < -0.39 is 0 Å². The van der Waals surface area contributed by atoms with Crippen molar-refractivity contribution in [3.8, 4) is 5.69 Å². The number of likely N-dealkylation sites (tertiary alicyclic amines) is 1.